The van der Waals surface area contributed by atoms with Gasteiger partial charge in [0, 0.05) is 5.56 Å². The van der Waals surface area contributed by atoms with E-state index in [1.807, 2.05) is 39.8 Å². The average Bonchev–Trinajstić information content (AvgIpc) is 2.44. The van der Waals surface area contributed by atoms with Gasteiger partial charge in [-0.1, -0.05) is 31.7 Å². The fourth-order valence-corrected chi connectivity index (χ4v) is 1.94. The van der Waals surface area contributed by atoms with Crippen molar-refractivity contribution in [1.29, 1.82) is 0 Å². The van der Waals surface area contributed by atoms with Crippen molar-refractivity contribution in [3.63, 3.8) is 0 Å². The zero-order chi connectivity index (χ0) is 16.2. The first-order valence-corrected chi connectivity index (χ1v) is 7.26. The van der Waals surface area contributed by atoms with Crippen LogP contribution in [0.25, 0.3) is 5.57 Å². The topological polar surface area (TPSA) is 20.2 Å². The number of hydrogen-bond acceptors (Lipinski definition) is 1. The fraction of sp³-hybridized carbons (Fsp3) is 0.368. The average molecular weight is 288 g/mol. The Bertz CT molecular complexity index is 592. The lowest BCUT2D eigenvalue weighted by Gasteiger charge is -2.21. The summed E-state index contributed by atoms with van der Waals surface area (Å²) in [5, 5.41) is 10.1. The van der Waals surface area contributed by atoms with Gasteiger partial charge in [-0.3, -0.25) is 0 Å². The molecule has 0 radical (unpaired) electrons. The Hall–Kier alpha value is -1.67. The maximum Gasteiger partial charge on any atom is 0.131 e. The molecular formula is C19H25FO. The summed E-state index contributed by atoms with van der Waals surface area (Å²) in [6, 6.07) is 3.41. The smallest absolute Gasteiger partial charge is 0.131 e. The van der Waals surface area contributed by atoms with Gasteiger partial charge in [0.05, 0.1) is 5.60 Å². The monoisotopic (exact) mass is 288 g/mol. The Morgan fingerprint density at radius 2 is 1.86 bits per heavy atom. The van der Waals surface area contributed by atoms with Gasteiger partial charge < -0.3 is 5.11 Å². The second-order valence-corrected chi connectivity index (χ2v) is 5.65. The van der Waals surface area contributed by atoms with Gasteiger partial charge >= 0.3 is 0 Å². The van der Waals surface area contributed by atoms with Gasteiger partial charge in [0.25, 0.3) is 0 Å². The van der Waals surface area contributed by atoms with Crippen LogP contribution >= 0.6 is 0 Å². The third-order valence-corrected chi connectivity index (χ3v) is 4.05. The number of aliphatic hydroxyl groups is 1. The first-order chi connectivity index (χ1) is 9.72. The minimum Gasteiger partial charge on any atom is -0.385 e. The second-order valence-electron chi connectivity index (χ2n) is 5.65. The van der Waals surface area contributed by atoms with Crippen molar-refractivity contribution >= 4 is 5.57 Å². The highest BCUT2D eigenvalue weighted by Gasteiger charge is 2.19. The van der Waals surface area contributed by atoms with Gasteiger partial charge in [-0.2, -0.15) is 0 Å². The van der Waals surface area contributed by atoms with E-state index >= 15 is 0 Å². The minimum absolute atomic E-state index is 0.233. The molecule has 1 aromatic carbocycles. The van der Waals surface area contributed by atoms with Crippen LogP contribution in [0.3, 0.4) is 0 Å². The standard InChI is InChI=1S/C19H25FO/c1-7-16(10-9-15(5)19(6,21)8-2)17-11-13(3)14(4)12-18(17)20/h7,9-12,21H,5,8H2,1-4,6H3/b10-9-,16-7+. The third-order valence-electron chi connectivity index (χ3n) is 4.05. The van der Waals surface area contributed by atoms with Crippen LogP contribution in [0.4, 0.5) is 4.39 Å². The van der Waals surface area contributed by atoms with E-state index in [4.69, 9.17) is 0 Å². The quantitative estimate of drug-likeness (QED) is 0.746. The summed E-state index contributed by atoms with van der Waals surface area (Å²) in [5.41, 5.74) is 3.03. The zero-order valence-electron chi connectivity index (χ0n) is 13.6. The Kier molecular flexibility index (Phi) is 5.68. The molecule has 0 aliphatic heterocycles. The van der Waals surface area contributed by atoms with Crippen molar-refractivity contribution in [2.45, 2.75) is 46.6 Å². The molecule has 1 nitrogen and oxygen atoms in total. The molecule has 0 heterocycles. The van der Waals surface area contributed by atoms with Gasteiger partial charge in [-0.25, -0.2) is 4.39 Å². The third kappa shape index (κ3) is 4.15. The number of allylic oxidation sites excluding steroid dienone is 3. The van der Waals surface area contributed by atoms with E-state index in [1.54, 1.807) is 25.1 Å². The molecule has 0 aliphatic carbocycles. The Balaban J connectivity index is 3.12. The van der Waals surface area contributed by atoms with Crippen molar-refractivity contribution in [2.24, 2.45) is 0 Å². The number of aryl methyl sites for hydroxylation is 2. The molecule has 0 spiro atoms. The van der Waals surface area contributed by atoms with E-state index < -0.39 is 5.60 Å². The summed E-state index contributed by atoms with van der Waals surface area (Å²) in [7, 11) is 0. The van der Waals surface area contributed by atoms with Crippen LogP contribution in [0.15, 0.2) is 42.5 Å². The van der Waals surface area contributed by atoms with Gasteiger partial charge in [0.15, 0.2) is 0 Å². The zero-order valence-corrected chi connectivity index (χ0v) is 13.6. The van der Waals surface area contributed by atoms with Crippen molar-refractivity contribution in [2.75, 3.05) is 0 Å². The van der Waals surface area contributed by atoms with Gasteiger partial charge in [0.1, 0.15) is 5.82 Å². The molecule has 114 valence electrons. The van der Waals surface area contributed by atoms with Gasteiger partial charge in [-0.05, 0) is 68.5 Å². The normalized spacial score (nSPS) is 15.3. The molecule has 0 amide bonds. The van der Waals surface area contributed by atoms with Crippen molar-refractivity contribution in [1.82, 2.24) is 0 Å². The molecule has 1 atom stereocenters. The first-order valence-electron chi connectivity index (χ1n) is 7.26. The number of rotatable bonds is 5. The summed E-state index contributed by atoms with van der Waals surface area (Å²) in [6.45, 7) is 13.3. The molecule has 0 saturated heterocycles. The molecule has 1 rings (SSSR count). The van der Waals surface area contributed by atoms with Crippen LogP contribution in [-0.2, 0) is 0 Å². The van der Waals surface area contributed by atoms with Gasteiger partial charge in [-0.15, -0.1) is 0 Å². The molecule has 0 bridgehead atoms. The summed E-state index contributed by atoms with van der Waals surface area (Å²) < 4.78 is 14.1. The Labute approximate surface area is 127 Å². The van der Waals surface area contributed by atoms with E-state index in [2.05, 4.69) is 6.58 Å². The molecule has 0 aromatic heterocycles. The van der Waals surface area contributed by atoms with E-state index in [0.29, 0.717) is 17.6 Å². The molecule has 0 saturated carbocycles. The van der Waals surface area contributed by atoms with Crippen LogP contribution in [0.2, 0.25) is 0 Å². The predicted octanol–water partition coefficient (Wildman–Crippen LogP) is 5.12. The van der Waals surface area contributed by atoms with E-state index in [0.717, 1.165) is 16.7 Å². The maximum atomic E-state index is 14.1. The lowest BCUT2D eigenvalue weighted by atomic mass is 9.92. The van der Waals surface area contributed by atoms with Crippen molar-refractivity contribution in [3.05, 3.63) is 65.0 Å². The predicted molar refractivity (Wildman–Crippen MR) is 88.7 cm³/mol. The van der Waals surface area contributed by atoms with E-state index in [9.17, 15) is 9.50 Å². The van der Waals surface area contributed by atoms with Crippen LogP contribution in [-0.4, -0.2) is 10.7 Å². The van der Waals surface area contributed by atoms with Crippen molar-refractivity contribution in [3.8, 4) is 0 Å². The molecular weight excluding hydrogens is 263 g/mol. The molecule has 2 heteroatoms. The molecule has 1 N–H and O–H groups in total. The summed E-state index contributed by atoms with van der Waals surface area (Å²) >= 11 is 0. The minimum atomic E-state index is -0.933. The lowest BCUT2D eigenvalue weighted by Crippen LogP contribution is -2.23. The Morgan fingerprint density at radius 1 is 1.29 bits per heavy atom. The summed E-state index contributed by atoms with van der Waals surface area (Å²) in [5.74, 6) is -0.233. The summed E-state index contributed by atoms with van der Waals surface area (Å²) in [6.07, 6.45) is 6.00. The van der Waals surface area contributed by atoms with Crippen LogP contribution < -0.4 is 0 Å². The lowest BCUT2D eigenvalue weighted by molar-refractivity contribution is 0.0988. The van der Waals surface area contributed by atoms with Crippen LogP contribution in [0.1, 0.15) is 43.9 Å². The molecule has 0 aliphatic rings. The first kappa shape index (κ1) is 17.4. The van der Waals surface area contributed by atoms with Crippen LogP contribution in [0, 0.1) is 19.7 Å². The molecule has 0 fully saturated rings. The fourth-order valence-electron chi connectivity index (χ4n) is 1.94. The highest BCUT2D eigenvalue weighted by atomic mass is 19.1. The highest BCUT2D eigenvalue weighted by Crippen LogP contribution is 2.25. The molecule has 1 aromatic rings. The largest absolute Gasteiger partial charge is 0.385 e. The second kappa shape index (κ2) is 6.86. The highest BCUT2D eigenvalue weighted by molar-refractivity contribution is 5.75. The molecule has 21 heavy (non-hydrogen) atoms. The number of benzene rings is 1. The van der Waals surface area contributed by atoms with E-state index in [-0.39, 0.29) is 5.82 Å². The van der Waals surface area contributed by atoms with Gasteiger partial charge in [0.2, 0.25) is 0 Å². The number of hydrogen-bond donors (Lipinski definition) is 1. The summed E-state index contributed by atoms with van der Waals surface area (Å²) in [4.78, 5) is 0. The SMILES string of the molecule is C=C(/C=C\C(=C/C)c1cc(C)c(C)cc1F)C(C)(O)CC. The maximum absolute atomic E-state index is 14.1. The van der Waals surface area contributed by atoms with Crippen molar-refractivity contribution < 1.29 is 9.50 Å². The van der Waals surface area contributed by atoms with Crippen LogP contribution in [0.5, 0.6) is 0 Å². The number of halogens is 1. The molecule has 1 unspecified atom stereocenters. The Morgan fingerprint density at radius 3 is 2.38 bits per heavy atom. The van der Waals surface area contributed by atoms with E-state index in [1.165, 1.54) is 0 Å².